The third-order valence-electron chi connectivity index (χ3n) is 1.32. The topological polar surface area (TPSA) is 63.4 Å². The maximum atomic E-state index is 10.1. The zero-order valence-corrected chi connectivity index (χ0v) is 6.78. The van der Waals surface area contributed by atoms with E-state index in [1.165, 1.54) is 18.2 Å². The molecule has 0 bridgehead atoms. The highest BCUT2D eigenvalue weighted by molar-refractivity contribution is 6.32. The van der Waals surface area contributed by atoms with Gasteiger partial charge >= 0.3 is 0 Å². The zero-order chi connectivity index (χ0) is 9.14. The number of halogens is 1. The molecular weight excluding hydrogens is 182 g/mol. The second-order valence-electron chi connectivity index (χ2n) is 2.28. The third-order valence-corrected chi connectivity index (χ3v) is 1.63. The molecule has 0 spiro atoms. The lowest BCUT2D eigenvalue weighted by Crippen LogP contribution is -1.97. The molecule has 1 N–H and O–H groups in total. The Morgan fingerprint density at radius 3 is 2.75 bits per heavy atom. The van der Waals surface area contributed by atoms with E-state index >= 15 is 0 Å². The van der Waals surface area contributed by atoms with Crippen molar-refractivity contribution in [3.05, 3.63) is 38.9 Å². The quantitative estimate of drug-likeness (QED) is 0.568. The minimum absolute atomic E-state index is 0.0660. The van der Waals surface area contributed by atoms with Crippen LogP contribution in [0.25, 0.3) is 0 Å². The van der Waals surface area contributed by atoms with E-state index in [0.717, 1.165) is 0 Å². The van der Waals surface area contributed by atoms with Gasteiger partial charge in [0, 0.05) is 10.5 Å². The highest BCUT2D eigenvalue weighted by Gasteiger charge is 2.04. The molecule has 64 valence electrons. The van der Waals surface area contributed by atoms with Crippen LogP contribution in [0, 0.1) is 10.1 Å². The summed E-state index contributed by atoms with van der Waals surface area (Å²) in [6.45, 7) is -0.278. The van der Waals surface area contributed by atoms with Crippen LogP contribution in [0.15, 0.2) is 18.2 Å². The van der Waals surface area contributed by atoms with Gasteiger partial charge in [-0.1, -0.05) is 11.6 Å². The number of aromatic hydroxyl groups is 1. The van der Waals surface area contributed by atoms with Gasteiger partial charge in [-0.25, -0.2) is 0 Å². The molecule has 12 heavy (non-hydrogen) atoms. The molecule has 0 saturated carbocycles. The minimum Gasteiger partial charge on any atom is -0.506 e. The lowest BCUT2D eigenvalue weighted by Gasteiger charge is -1.97. The highest BCUT2D eigenvalue weighted by atomic mass is 35.5. The van der Waals surface area contributed by atoms with E-state index in [0.29, 0.717) is 5.56 Å². The monoisotopic (exact) mass is 187 g/mol. The Balaban J connectivity index is 2.89. The van der Waals surface area contributed by atoms with Crippen LogP contribution in [0.5, 0.6) is 5.75 Å². The smallest absolute Gasteiger partial charge is 0.228 e. The summed E-state index contributed by atoms with van der Waals surface area (Å²) >= 11 is 5.52. The van der Waals surface area contributed by atoms with Crippen LogP contribution in [0.2, 0.25) is 5.02 Å². The van der Waals surface area contributed by atoms with Gasteiger partial charge < -0.3 is 5.11 Å². The van der Waals surface area contributed by atoms with Gasteiger partial charge in [-0.15, -0.1) is 0 Å². The molecule has 0 atom stereocenters. The second-order valence-corrected chi connectivity index (χ2v) is 2.68. The molecule has 1 rings (SSSR count). The van der Waals surface area contributed by atoms with Gasteiger partial charge in [0.1, 0.15) is 5.75 Å². The SMILES string of the molecule is O=[N+]([O-])Cc1ccc(O)c(Cl)c1. The van der Waals surface area contributed by atoms with Crippen molar-refractivity contribution >= 4 is 11.6 Å². The molecule has 0 unspecified atom stereocenters. The zero-order valence-electron chi connectivity index (χ0n) is 6.03. The molecule has 0 aliphatic carbocycles. The van der Waals surface area contributed by atoms with Crippen LogP contribution in [0.1, 0.15) is 5.56 Å². The standard InChI is InChI=1S/C7H6ClNO3/c8-6-3-5(4-9(11)12)1-2-7(6)10/h1-3,10H,4H2. The van der Waals surface area contributed by atoms with E-state index in [1.807, 2.05) is 0 Å². The van der Waals surface area contributed by atoms with Crippen LogP contribution in [0.4, 0.5) is 0 Å². The van der Waals surface area contributed by atoms with E-state index in [-0.39, 0.29) is 17.3 Å². The molecule has 0 saturated heterocycles. The average molecular weight is 188 g/mol. The van der Waals surface area contributed by atoms with Gasteiger partial charge in [0.05, 0.1) is 5.02 Å². The second kappa shape index (κ2) is 3.40. The first-order valence-electron chi connectivity index (χ1n) is 3.19. The lowest BCUT2D eigenvalue weighted by molar-refractivity contribution is -0.496. The maximum Gasteiger partial charge on any atom is 0.228 e. The molecule has 0 amide bonds. The van der Waals surface area contributed by atoms with Crippen molar-refractivity contribution in [2.45, 2.75) is 6.54 Å². The molecular formula is C7H6ClNO3. The molecule has 0 aromatic heterocycles. The van der Waals surface area contributed by atoms with Gasteiger partial charge in [-0.05, 0) is 18.2 Å². The summed E-state index contributed by atoms with van der Waals surface area (Å²) in [6.07, 6.45) is 0. The van der Waals surface area contributed by atoms with Gasteiger partial charge in [-0.2, -0.15) is 0 Å². The van der Waals surface area contributed by atoms with Gasteiger partial charge in [0.25, 0.3) is 0 Å². The van der Waals surface area contributed by atoms with Crippen LogP contribution in [0.3, 0.4) is 0 Å². The molecule has 4 nitrogen and oxygen atoms in total. The summed E-state index contributed by atoms with van der Waals surface area (Å²) in [6, 6.07) is 4.17. The fourth-order valence-corrected chi connectivity index (χ4v) is 1.00. The Morgan fingerprint density at radius 1 is 1.58 bits per heavy atom. The normalized spacial score (nSPS) is 9.75. The van der Waals surface area contributed by atoms with Crippen molar-refractivity contribution < 1.29 is 10.0 Å². The molecule has 0 aliphatic rings. The Bertz CT molecular complexity index is 314. The van der Waals surface area contributed by atoms with Crippen LogP contribution >= 0.6 is 11.6 Å². The number of hydrogen-bond donors (Lipinski definition) is 1. The molecule has 0 aliphatic heterocycles. The summed E-state index contributed by atoms with van der Waals surface area (Å²) in [5.74, 6) is -0.0660. The van der Waals surface area contributed by atoms with Crippen molar-refractivity contribution in [3.8, 4) is 5.75 Å². The Kier molecular flexibility index (Phi) is 2.50. The van der Waals surface area contributed by atoms with Crippen molar-refractivity contribution in [2.75, 3.05) is 0 Å². The highest BCUT2D eigenvalue weighted by Crippen LogP contribution is 2.23. The summed E-state index contributed by atoms with van der Waals surface area (Å²) < 4.78 is 0. The Hall–Kier alpha value is -1.29. The summed E-state index contributed by atoms with van der Waals surface area (Å²) in [5.41, 5.74) is 0.475. The van der Waals surface area contributed by atoms with Crippen molar-refractivity contribution in [2.24, 2.45) is 0 Å². The van der Waals surface area contributed by atoms with E-state index in [2.05, 4.69) is 0 Å². The van der Waals surface area contributed by atoms with E-state index < -0.39 is 4.92 Å². The number of phenols is 1. The number of nitro groups is 1. The molecule has 1 aromatic carbocycles. The molecule has 0 heterocycles. The summed E-state index contributed by atoms with van der Waals surface area (Å²) in [4.78, 5) is 9.61. The minimum atomic E-state index is -0.456. The third kappa shape index (κ3) is 2.10. The van der Waals surface area contributed by atoms with E-state index in [4.69, 9.17) is 16.7 Å². The molecule has 0 radical (unpaired) electrons. The summed E-state index contributed by atoms with van der Waals surface area (Å²) in [5, 5.41) is 19.2. The first kappa shape index (κ1) is 8.80. The van der Waals surface area contributed by atoms with Crippen LogP contribution in [-0.4, -0.2) is 10.0 Å². The number of hydrogen-bond acceptors (Lipinski definition) is 3. The number of nitrogens with zero attached hydrogens (tertiary/aromatic N) is 1. The first-order chi connectivity index (χ1) is 5.59. The fraction of sp³-hybridized carbons (Fsp3) is 0.143. The largest absolute Gasteiger partial charge is 0.506 e. The van der Waals surface area contributed by atoms with Crippen molar-refractivity contribution in [1.82, 2.24) is 0 Å². The van der Waals surface area contributed by atoms with Crippen LogP contribution in [-0.2, 0) is 6.54 Å². The van der Waals surface area contributed by atoms with Gasteiger partial charge in [0.2, 0.25) is 6.54 Å². The molecule has 5 heteroatoms. The Labute approximate surface area is 73.5 Å². The first-order valence-corrected chi connectivity index (χ1v) is 3.56. The number of rotatable bonds is 2. The van der Waals surface area contributed by atoms with E-state index in [9.17, 15) is 10.1 Å². The van der Waals surface area contributed by atoms with Gasteiger partial charge in [0.15, 0.2) is 0 Å². The van der Waals surface area contributed by atoms with Crippen molar-refractivity contribution in [3.63, 3.8) is 0 Å². The predicted molar refractivity (Wildman–Crippen MR) is 43.8 cm³/mol. The fourth-order valence-electron chi connectivity index (χ4n) is 0.798. The predicted octanol–water partition coefficient (Wildman–Crippen LogP) is 1.82. The summed E-state index contributed by atoms with van der Waals surface area (Å²) in [7, 11) is 0. The van der Waals surface area contributed by atoms with Crippen molar-refractivity contribution in [1.29, 1.82) is 0 Å². The average Bonchev–Trinajstić information content (AvgIpc) is 1.96. The number of phenolic OH excluding ortho intramolecular Hbond substituents is 1. The lowest BCUT2D eigenvalue weighted by atomic mass is 10.2. The van der Waals surface area contributed by atoms with E-state index in [1.54, 1.807) is 0 Å². The van der Waals surface area contributed by atoms with Gasteiger partial charge in [-0.3, -0.25) is 10.1 Å². The van der Waals surface area contributed by atoms with Crippen LogP contribution < -0.4 is 0 Å². The number of benzene rings is 1. The Morgan fingerprint density at radius 2 is 2.25 bits per heavy atom. The molecule has 1 aromatic rings. The molecule has 0 fully saturated rings. The maximum absolute atomic E-state index is 10.1.